The van der Waals surface area contributed by atoms with Gasteiger partial charge in [-0.15, -0.1) is 0 Å². The van der Waals surface area contributed by atoms with Crippen LogP contribution in [-0.2, 0) is 6.42 Å². The lowest BCUT2D eigenvalue weighted by Gasteiger charge is -2.21. The highest BCUT2D eigenvalue weighted by atomic mass is 79.9. The zero-order valence-corrected chi connectivity index (χ0v) is 12.3. The number of aryl methyl sites for hydroxylation is 1. The van der Waals surface area contributed by atoms with Crippen LogP contribution in [0.25, 0.3) is 0 Å². The van der Waals surface area contributed by atoms with Crippen LogP contribution < -0.4 is 5.32 Å². The molecule has 1 rings (SSSR count). The number of benzene rings is 1. The summed E-state index contributed by atoms with van der Waals surface area (Å²) in [6.07, 6.45) is 0.999. The van der Waals surface area contributed by atoms with E-state index < -0.39 is 0 Å². The summed E-state index contributed by atoms with van der Waals surface area (Å²) in [5.74, 6) is 0.00155. The minimum atomic E-state index is 0.00155. The number of alkyl halides is 1. The van der Waals surface area contributed by atoms with Gasteiger partial charge in [-0.2, -0.15) is 0 Å². The predicted molar refractivity (Wildman–Crippen MR) is 75.7 cm³/mol. The average molecular weight is 298 g/mol. The summed E-state index contributed by atoms with van der Waals surface area (Å²) in [6.45, 7) is 7.00. The van der Waals surface area contributed by atoms with E-state index in [9.17, 15) is 4.79 Å². The minimum Gasteiger partial charge on any atom is -0.351 e. The van der Waals surface area contributed by atoms with Crippen molar-refractivity contribution in [1.29, 1.82) is 0 Å². The van der Waals surface area contributed by atoms with E-state index in [1.54, 1.807) is 0 Å². The molecular formula is C14H20BrNO. The highest BCUT2D eigenvalue weighted by Gasteiger charge is 2.17. The van der Waals surface area contributed by atoms with Crippen LogP contribution in [0.1, 0.15) is 36.7 Å². The largest absolute Gasteiger partial charge is 0.351 e. The van der Waals surface area contributed by atoms with E-state index in [1.807, 2.05) is 24.3 Å². The number of rotatable bonds is 5. The second kappa shape index (κ2) is 6.20. The average Bonchev–Trinajstić information content (AvgIpc) is 2.36. The first-order chi connectivity index (χ1) is 7.98. The topological polar surface area (TPSA) is 29.1 Å². The fourth-order valence-electron chi connectivity index (χ4n) is 1.36. The van der Waals surface area contributed by atoms with Crippen LogP contribution in [0.15, 0.2) is 24.3 Å². The Bertz CT molecular complexity index is 370. The zero-order chi connectivity index (χ0) is 12.9. The van der Waals surface area contributed by atoms with Gasteiger partial charge in [0.25, 0.3) is 5.91 Å². The molecule has 17 heavy (non-hydrogen) atoms. The number of hydrogen-bond donors (Lipinski definition) is 1. The standard InChI is InChI=1S/C14H20BrNO/c1-4-11-5-7-12(8-6-11)13(17)16-10-14(2,3)9-15/h5-8H,4,9-10H2,1-3H3,(H,16,17). The second-order valence-corrected chi connectivity index (χ2v) is 5.59. The van der Waals surface area contributed by atoms with Crippen LogP contribution in [0.3, 0.4) is 0 Å². The molecule has 1 N–H and O–H groups in total. The van der Waals surface area contributed by atoms with Gasteiger partial charge >= 0.3 is 0 Å². The molecule has 0 saturated heterocycles. The minimum absolute atomic E-state index is 0.00155. The molecule has 1 aromatic rings. The molecule has 1 aromatic carbocycles. The molecule has 0 atom stereocenters. The summed E-state index contributed by atoms with van der Waals surface area (Å²) in [4.78, 5) is 11.9. The third-order valence-electron chi connectivity index (χ3n) is 2.71. The normalized spacial score (nSPS) is 11.3. The maximum absolute atomic E-state index is 11.9. The van der Waals surface area contributed by atoms with Crippen molar-refractivity contribution in [2.75, 3.05) is 11.9 Å². The van der Waals surface area contributed by atoms with Gasteiger partial charge < -0.3 is 5.32 Å². The Hall–Kier alpha value is -0.830. The summed E-state index contributed by atoms with van der Waals surface area (Å²) in [5.41, 5.74) is 2.06. The first kappa shape index (κ1) is 14.2. The van der Waals surface area contributed by atoms with Gasteiger partial charge in [0.1, 0.15) is 0 Å². The van der Waals surface area contributed by atoms with Gasteiger partial charge in [-0.25, -0.2) is 0 Å². The van der Waals surface area contributed by atoms with Crippen molar-refractivity contribution in [2.24, 2.45) is 5.41 Å². The van der Waals surface area contributed by atoms with Gasteiger partial charge in [-0.05, 0) is 29.5 Å². The Kier molecular flexibility index (Phi) is 5.19. The number of nitrogens with one attached hydrogen (secondary N) is 1. The highest BCUT2D eigenvalue weighted by molar-refractivity contribution is 9.09. The van der Waals surface area contributed by atoms with E-state index in [1.165, 1.54) is 5.56 Å². The molecule has 2 nitrogen and oxygen atoms in total. The van der Waals surface area contributed by atoms with Crippen molar-refractivity contribution in [3.63, 3.8) is 0 Å². The quantitative estimate of drug-likeness (QED) is 0.829. The monoisotopic (exact) mass is 297 g/mol. The van der Waals surface area contributed by atoms with Crippen LogP contribution in [0.2, 0.25) is 0 Å². The second-order valence-electron chi connectivity index (χ2n) is 5.03. The molecule has 0 aliphatic carbocycles. The maximum Gasteiger partial charge on any atom is 0.251 e. The predicted octanol–water partition coefficient (Wildman–Crippen LogP) is 3.40. The van der Waals surface area contributed by atoms with Gasteiger partial charge in [-0.1, -0.05) is 48.8 Å². The summed E-state index contributed by atoms with van der Waals surface area (Å²) >= 11 is 3.44. The summed E-state index contributed by atoms with van der Waals surface area (Å²) in [7, 11) is 0. The lowest BCUT2D eigenvalue weighted by molar-refractivity contribution is 0.0940. The van der Waals surface area contributed by atoms with Gasteiger partial charge in [0.15, 0.2) is 0 Å². The maximum atomic E-state index is 11.9. The molecule has 0 aromatic heterocycles. The van der Waals surface area contributed by atoms with Crippen molar-refractivity contribution >= 4 is 21.8 Å². The Morgan fingerprint density at radius 1 is 1.29 bits per heavy atom. The highest BCUT2D eigenvalue weighted by Crippen LogP contribution is 2.16. The molecule has 0 aliphatic rings. The zero-order valence-electron chi connectivity index (χ0n) is 10.7. The number of halogens is 1. The lowest BCUT2D eigenvalue weighted by Crippen LogP contribution is -2.34. The SMILES string of the molecule is CCc1ccc(C(=O)NCC(C)(C)CBr)cc1. The van der Waals surface area contributed by atoms with E-state index in [0.717, 1.165) is 17.3 Å². The smallest absolute Gasteiger partial charge is 0.251 e. The van der Waals surface area contributed by atoms with E-state index in [2.05, 4.69) is 42.0 Å². The fraction of sp³-hybridized carbons (Fsp3) is 0.500. The van der Waals surface area contributed by atoms with E-state index in [4.69, 9.17) is 0 Å². The number of carbonyl (C=O) groups is 1. The summed E-state index contributed by atoms with van der Waals surface area (Å²) in [5, 5.41) is 3.83. The van der Waals surface area contributed by atoms with Crippen molar-refractivity contribution in [3.8, 4) is 0 Å². The Labute approximate surface area is 112 Å². The van der Waals surface area contributed by atoms with Crippen LogP contribution in [0.5, 0.6) is 0 Å². The van der Waals surface area contributed by atoms with Crippen LogP contribution >= 0.6 is 15.9 Å². The number of carbonyl (C=O) groups excluding carboxylic acids is 1. The van der Waals surface area contributed by atoms with Crippen molar-refractivity contribution in [3.05, 3.63) is 35.4 Å². The van der Waals surface area contributed by atoms with E-state index >= 15 is 0 Å². The number of hydrogen-bond acceptors (Lipinski definition) is 1. The summed E-state index contributed by atoms with van der Waals surface area (Å²) in [6, 6.07) is 7.78. The first-order valence-corrected chi connectivity index (χ1v) is 7.04. The molecule has 0 spiro atoms. The molecule has 0 fully saturated rings. The Balaban J connectivity index is 2.58. The molecule has 0 aliphatic heterocycles. The number of amides is 1. The lowest BCUT2D eigenvalue weighted by atomic mass is 9.96. The molecule has 0 heterocycles. The van der Waals surface area contributed by atoms with Crippen LogP contribution in [0, 0.1) is 5.41 Å². The summed E-state index contributed by atoms with van der Waals surface area (Å²) < 4.78 is 0. The Morgan fingerprint density at radius 3 is 2.35 bits per heavy atom. The van der Waals surface area contributed by atoms with Gasteiger partial charge in [0.05, 0.1) is 0 Å². The van der Waals surface area contributed by atoms with Gasteiger partial charge in [0.2, 0.25) is 0 Å². The molecule has 0 radical (unpaired) electrons. The van der Waals surface area contributed by atoms with Crippen LogP contribution in [0.4, 0.5) is 0 Å². The van der Waals surface area contributed by atoms with Gasteiger partial charge in [0, 0.05) is 17.4 Å². The Morgan fingerprint density at radius 2 is 1.88 bits per heavy atom. The third-order valence-corrected chi connectivity index (χ3v) is 4.23. The molecule has 0 bridgehead atoms. The van der Waals surface area contributed by atoms with E-state index in [0.29, 0.717) is 6.54 Å². The van der Waals surface area contributed by atoms with Crippen LogP contribution in [-0.4, -0.2) is 17.8 Å². The molecule has 0 saturated carbocycles. The molecule has 1 amide bonds. The van der Waals surface area contributed by atoms with Gasteiger partial charge in [-0.3, -0.25) is 4.79 Å². The fourth-order valence-corrected chi connectivity index (χ4v) is 1.56. The molecule has 3 heteroatoms. The van der Waals surface area contributed by atoms with Crippen molar-refractivity contribution < 1.29 is 4.79 Å². The molecule has 0 unspecified atom stereocenters. The third kappa shape index (κ3) is 4.50. The van der Waals surface area contributed by atoms with Crippen molar-refractivity contribution in [2.45, 2.75) is 27.2 Å². The molecular weight excluding hydrogens is 278 g/mol. The van der Waals surface area contributed by atoms with Crippen molar-refractivity contribution in [1.82, 2.24) is 5.32 Å². The van der Waals surface area contributed by atoms with E-state index in [-0.39, 0.29) is 11.3 Å². The first-order valence-electron chi connectivity index (χ1n) is 5.91. The molecule has 94 valence electrons.